The van der Waals surface area contributed by atoms with Gasteiger partial charge in [0.05, 0.1) is 11.2 Å². The molecule has 0 saturated heterocycles. The van der Waals surface area contributed by atoms with Crippen molar-refractivity contribution in [3.63, 3.8) is 0 Å². The molecule has 0 N–H and O–H groups in total. The van der Waals surface area contributed by atoms with E-state index >= 15 is 0 Å². The van der Waals surface area contributed by atoms with E-state index in [1.807, 2.05) is 0 Å². The molecular formula is C75H78BN3. The standard InChI is InChI=1S/C75H78BN3/c1-69(2)38-40-71(5,6)58-44-49(30-33-55(58)69)77(50-31-34-56-59(45-50)72(7,8)41-39-70(56,3)4)51-32-35-60-63(46-51)78(62-29-20-25-53-52-24-16-17-26-54(52)73(9,10)66(53)62)64-42-48(47-22-14-13-15-23-47)43-65-67(64)76(60)61-28-21-27-57-68(61)79(65)75(12)37-19-18-36-74(57,75)11/h13-17,20-35,42-46H,18-19,36-41H2,1-12H3. The first kappa shape index (κ1) is 49.3. The highest BCUT2D eigenvalue weighted by Gasteiger charge is 2.61. The van der Waals surface area contributed by atoms with Gasteiger partial charge >= 0.3 is 0 Å². The summed E-state index contributed by atoms with van der Waals surface area (Å²) >= 11 is 0. The van der Waals surface area contributed by atoms with Crippen molar-refractivity contribution in [2.45, 2.75) is 172 Å². The van der Waals surface area contributed by atoms with Gasteiger partial charge in [-0.05, 0) is 199 Å². The SMILES string of the molecule is CC1(C)CCC(C)(C)c2cc(N(c3ccc4c(c3)N(c3cccc5c3C(C)(C)c3ccccc3-5)c3cc(-c5ccccc5)cc5c3B4c3cccc4c3N5C3(C)CCCCC43C)c3ccc4c(c3)C(C)(C)CCC4(C)C)ccc21. The lowest BCUT2D eigenvalue weighted by atomic mass is 9.33. The van der Waals surface area contributed by atoms with Crippen LogP contribution in [0.5, 0.6) is 0 Å². The van der Waals surface area contributed by atoms with Crippen LogP contribution in [-0.2, 0) is 32.5 Å². The normalized spacial score (nSPS) is 23.1. The van der Waals surface area contributed by atoms with Gasteiger partial charge in [0.25, 0.3) is 6.71 Å². The van der Waals surface area contributed by atoms with Crippen molar-refractivity contribution in [2.24, 2.45) is 0 Å². The lowest BCUT2D eigenvalue weighted by molar-refractivity contribution is 0.195. The molecule has 3 aliphatic heterocycles. The third-order valence-electron chi connectivity index (χ3n) is 22.3. The molecule has 0 bridgehead atoms. The Bertz CT molecular complexity index is 3830. The fourth-order valence-electron chi connectivity index (χ4n) is 17.3. The predicted octanol–water partition coefficient (Wildman–Crippen LogP) is 18.2. The van der Waals surface area contributed by atoms with Gasteiger partial charge in [-0.25, -0.2) is 0 Å². The molecule has 1 fully saturated rings. The summed E-state index contributed by atoms with van der Waals surface area (Å²) in [5, 5.41) is 0. The van der Waals surface area contributed by atoms with Gasteiger partial charge in [0.2, 0.25) is 0 Å². The summed E-state index contributed by atoms with van der Waals surface area (Å²) in [6.07, 6.45) is 9.59. The second kappa shape index (κ2) is 16.2. The van der Waals surface area contributed by atoms with Crippen molar-refractivity contribution in [1.82, 2.24) is 0 Å². The maximum absolute atomic E-state index is 2.89. The van der Waals surface area contributed by atoms with E-state index in [-0.39, 0.29) is 44.7 Å². The molecule has 0 radical (unpaired) electrons. The third-order valence-corrected chi connectivity index (χ3v) is 22.3. The average molecular weight is 1030 g/mol. The highest BCUT2D eigenvalue weighted by molar-refractivity contribution is 7.00. The van der Waals surface area contributed by atoms with Gasteiger partial charge < -0.3 is 14.7 Å². The van der Waals surface area contributed by atoms with Crippen LogP contribution in [0, 0.1) is 0 Å². The second-order valence-corrected chi connectivity index (χ2v) is 28.9. The van der Waals surface area contributed by atoms with E-state index in [1.54, 1.807) is 0 Å². The minimum Gasteiger partial charge on any atom is -0.335 e. The Morgan fingerprint density at radius 1 is 0.392 bits per heavy atom. The van der Waals surface area contributed by atoms with Crippen LogP contribution in [0.25, 0.3) is 22.3 Å². The zero-order valence-corrected chi connectivity index (χ0v) is 49.1. The molecule has 4 aliphatic carbocycles. The Kier molecular flexibility index (Phi) is 10.1. The highest BCUT2D eigenvalue weighted by Crippen LogP contribution is 2.63. The lowest BCUT2D eigenvalue weighted by Crippen LogP contribution is -2.64. The van der Waals surface area contributed by atoms with E-state index < -0.39 is 0 Å². The average Bonchev–Trinajstić information content (AvgIpc) is 4.02. The van der Waals surface area contributed by atoms with Crippen LogP contribution < -0.4 is 31.1 Å². The molecule has 79 heavy (non-hydrogen) atoms. The van der Waals surface area contributed by atoms with Crippen molar-refractivity contribution < 1.29 is 0 Å². The van der Waals surface area contributed by atoms with Gasteiger partial charge in [0.1, 0.15) is 0 Å². The maximum atomic E-state index is 2.89. The molecule has 2 unspecified atom stereocenters. The van der Waals surface area contributed by atoms with Gasteiger partial charge in [-0.3, -0.25) is 0 Å². The van der Waals surface area contributed by atoms with Gasteiger partial charge in [-0.2, -0.15) is 0 Å². The summed E-state index contributed by atoms with van der Waals surface area (Å²) in [7, 11) is 0. The minimum absolute atomic E-state index is 0.0139. The van der Waals surface area contributed by atoms with Gasteiger partial charge in [0, 0.05) is 50.6 Å². The second-order valence-electron chi connectivity index (χ2n) is 28.9. The topological polar surface area (TPSA) is 9.72 Å². The van der Waals surface area contributed by atoms with Crippen LogP contribution >= 0.6 is 0 Å². The minimum atomic E-state index is -0.248. The van der Waals surface area contributed by atoms with E-state index in [1.165, 1.54) is 174 Å². The summed E-state index contributed by atoms with van der Waals surface area (Å²) in [5.74, 6) is 0. The number of hydrogen-bond acceptors (Lipinski definition) is 3. The van der Waals surface area contributed by atoms with Crippen molar-refractivity contribution in [3.05, 3.63) is 197 Å². The molecule has 3 nitrogen and oxygen atoms in total. The number of anilines is 8. The molecule has 7 aliphatic rings. The van der Waals surface area contributed by atoms with Gasteiger partial charge in [-0.15, -0.1) is 0 Å². The van der Waals surface area contributed by atoms with Crippen molar-refractivity contribution >= 4 is 68.6 Å². The number of fused-ring (bicyclic) bond motifs is 12. The molecule has 4 heteroatoms. The Morgan fingerprint density at radius 2 is 0.949 bits per heavy atom. The highest BCUT2D eigenvalue weighted by atomic mass is 15.3. The van der Waals surface area contributed by atoms with Crippen molar-refractivity contribution in [2.75, 3.05) is 14.7 Å². The number of para-hydroxylation sites is 1. The predicted molar refractivity (Wildman–Crippen MR) is 337 cm³/mol. The van der Waals surface area contributed by atoms with Crippen LogP contribution in [0.4, 0.5) is 45.5 Å². The van der Waals surface area contributed by atoms with E-state index in [0.29, 0.717) is 0 Å². The first-order chi connectivity index (χ1) is 37.6. The number of benzene rings is 8. The van der Waals surface area contributed by atoms with E-state index in [4.69, 9.17) is 0 Å². The molecule has 3 heterocycles. The number of hydrogen-bond donors (Lipinski definition) is 0. The third kappa shape index (κ3) is 6.61. The van der Waals surface area contributed by atoms with Crippen LogP contribution in [0.2, 0.25) is 0 Å². The maximum Gasteiger partial charge on any atom is 0.252 e. The van der Waals surface area contributed by atoms with Crippen LogP contribution in [0.1, 0.15) is 173 Å². The Balaban J connectivity index is 1.05. The smallest absolute Gasteiger partial charge is 0.252 e. The Morgan fingerprint density at radius 3 is 1.63 bits per heavy atom. The quantitative estimate of drug-likeness (QED) is 0.159. The zero-order valence-electron chi connectivity index (χ0n) is 49.1. The fraction of sp³-hybridized carbons (Fsp3) is 0.360. The molecular weight excluding hydrogens is 954 g/mol. The lowest BCUT2D eigenvalue weighted by Gasteiger charge is -2.53. The summed E-state index contributed by atoms with van der Waals surface area (Å²) in [6, 6.07) is 62.9. The zero-order chi connectivity index (χ0) is 54.6. The number of nitrogens with zero attached hydrogens (tertiary/aromatic N) is 3. The molecule has 8 aromatic carbocycles. The fourth-order valence-corrected chi connectivity index (χ4v) is 17.3. The van der Waals surface area contributed by atoms with Crippen LogP contribution in [0.15, 0.2) is 158 Å². The Hall–Kier alpha value is -6.78. The molecule has 2 atom stereocenters. The summed E-state index contributed by atoms with van der Waals surface area (Å²) in [6.45, 7) is 29.9. The molecule has 0 spiro atoms. The molecule has 0 amide bonds. The van der Waals surface area contributed by atoms with Crippen LogP contribution in [-0.4, -0.2) is 12.3 Å². The largest absolute Gasteiger partial charge is 0.335 e. The van der Waals surface area contributed by atoms with E-state index in [2.05, 4.69) is 256 Å². The molecule has 396 valence electrons. The van der Waals surface area contributed by atoms with Gasteiger partial charge in [-0.1, -0.05) is 192 Å². The van der Waals surface area contributed by atoms with E-state index in [0.717, 1.165) is 0 Å². The van der Waals surface area contributed by atoms with Crippen LogP contribution in [0.3, 0.4) is 0 Å². The summed E-state index contributed by atoms with van der Waals surface area (Å²) in [4.78, 5) is 8.29. The van der Waals surface area contributed by atoms with Crippen molar-refractivity contribution in [3.8, 4) is 22.3 Å². The Labute approximate surface area is 472 Å². The van der Waals surface area contributed by atoms with Crippen molar-refractivity contribution in [1.29, 1.82) is 0 Å². The van der Waals surface area contributed by atoms with Gasteiger partial charge in [0.15, 0.2) is 0 Å². The summed E-state index contributed by atoms with van der Waals surface area (Å²) < 4.78 is 0. The first-order valence-electron chi connectivity index (χ1n) is 30.1. The first-order valence-corrected chi connectivity index (χ1v) is 30.1. The number of rotatable bonds is 5. The molecule has 8 aromatic rings. The summed E-state index contributed by atoms with van der Waals surface area (Å²) in [5.41, 5.74) is 30.0. The molecule has 0 aromatic heterocycles. The van der Waals surface area contributed by atoms with E-state index in [9.17, 15) is 0 Å². The molecule has 1 saturated carbocycles. The monoisotopic (exact) mass is 1030 g/mol. The molecule has 15 rings (SSSR count).